The molecule has 19 heavy (non-hydrogen) atoms. The molecule has 1 aromatic rings. The van der Waals surface area contributed by atoms with Gasteiger partial charge >= 0.3 is 0 Å². The summed E-state index contributed by atoms with van der Waals surface area (Å²) in [4.78, 5) is 13.5. The van der Waals surface area contributed by atoms with Gasteiger partial charge in [-0.15, -0.1) is 0 Å². The fourth-order valence-electron chi connectivity index (χ4n) is 1.80. The predicted molar refractivity (Wildman–Crippen MR) is 77.2 cm³/mol. The van der Waals surface area contributed by atoms with Gasteiger partial charge in [-0.05, 0) is 17.7 Å². The largest absolute Gasteiger partial charge is 0.497 e. The van der Waals surface area contributed by atoms with Crippen molar-refractivity contribution >= 4 is 5.91 Å². The Balaban J connectivity index is 0.000000550. The molecule has 1 aliphatic rings. The molecule has 2 rings (SSSR count). The summed E-state index contributed by atoms with van der Waals surface area (Å²) in [5, 5.41) is 3.06. The van der Waals surface area contributed by atoms with Crippen LogP contribution in [-0.4, -0.2) is 37.6 Å². The number of carbonyl (C=O) groups is 1. The Labute approximate surface area is 115 Å². The Hall–Kier alpha value is -1.55. The van der Waals surface area contributed by atoms with Gasteiger partial charge in [-0.2, -0.15) is 0 Å². The summed E-state index contributed by atoms with van der Waals surface area (Å²) in [5.74, 6) is 0.995. The van der Waals surface area contributed by atoms with Crippen molar-refractivity contribution in [2.45, 2.75) is 26.8 Å². The third-order valence-corrected chi connectivity index (χ3v) is 2.70. The van der Waals surface area contributed by atoms with E-state index in [0.29, 0.717) is 13.1 Å². The minimum absolute atomic E-state index is 0.161. The zero-order valence-electron chi connectivity index (χ0n) is 12.1. The standard InChI is InChI=1S/C12H16N2O2.C3H8/c1-16-11-4-2-3-10(7-11)9-14-6-5-13-8-12(14)15;1-3-2/h2-4,7,13H,5-6,8-9H2,1H3;3H2,1-2H3. The van der Waals surface area contributed by atoms with Crippen LogP contribution >= 0.6 is 0 Å². The van der Waals surface area contributed by atoms with Crippen LogP contribution in [0.2, 0.25) is 0 Å². The highest BCUT2D eigenvalue weighted by molar-refractivity contribution is 5.79. The lowest BCUT2D eigenvalue weighted by Crippen LogP contribution is -2.47. The molecule has 106 valence electrons. The average molecular weight is 264 g/mol. The first-order valence-corrected chi connectivity index (χ1v) is 6.82. The zero-order valence-corrected chi connectivity index (χ0v) is 12.1. The highest BCUT2D eigenvalue weighted by atomic mass is 16.5. The van der Waals surface area contributed by atoms with Crippen molar-refractivity contribution in [2.75, 3.05) is 26.7 Å². The molecule has 0 saturated carbocycles. The van der Waals surface area contributed by atoms with Gasteiger partial charge in [-0.1, -0.05) is 32.4 Å². The molecule has 1 amide bonds. The molecule has 1 saturated heterocycles. The fourth-order valence-corrected chi connectivity index (χ4v) is 1.80. The summed E-state index contributed by atoms with van der Waals surface area (Å²) < 4.78 is 5.16. The number of amides is 1. The molecule has 1 fully saturated rings. The quantitative estimate of drug-likeness (QED) is 0.908. The molecule has 0 unspecified atom stereocenters. The first kappa shape index (κ1) is 15.5. The number of methoxy groups -OCH3 is 1. The fraction of sp³-hybridized carbons (Fsp3) is 0.533. The third kappa shape index (κ3) is 5.30. The van der Waals surface area contributed by atoms with Gasteiger partial charge in [0.05, 0.1) is 13.7 Å². The van der Waals surface area contributed by atoms with Crippen LogP contribution < -0.4 is 10.1 Å². The van der Waals surface area contributed by atoms with E-state index in [1.807, 2.05) is 29.2 Å². The van der Waals surface area contributed by atoms with Gasteiger partial charge in [0, 0.05) is 19.6 Å². The number of nitrogens with zero attached hydrogens (tertiary/aromatic N) is 1. The van der Waals surface area contributed by atoms with Crippen LogP contribution in [0.5, 0.6) is 5.75 Å². The highest BCUT2D eigenvalue weighted by Crippen LogP contribution is 2.14. The highest BCUT2D eigenvalue weighted by Gasteiger charge is 2.17. The van der Waals surface area contributed by atoms with Crippen molar-refractivity contribution in [3.63, 3.8) is 0 Å². The lowest BCUT2D eigenvalue weighted by atomic mass is 10.2. The molecule has 0 aromatic heterocycles. The van der Waals surface area contributed by atoms with Crippen molar-refractivity contribution in [2.24, 2.45) is 0 Å². The SMILES string of the molecule is CCC.COc1cccc(CN2CCNCC2=O)c1. The lowest BCUT2D eigenvalue weighted by Gasteiger charge is -2.27. The van der Waals surface area contributed by atoms with Crippen LogP contribution in [-0.2, 0) is 11.3 Å². The van der Waals surface area contributed by atoms with E-state index in [1.165, 1.54) is 6.42 Å². The van der Waals surface area contributed by atoms with Crippen molar-refractivity contribution in [3.8, 4) is 5.75 Å². The Morgan fingerprint density at radius 2 is 2.11 bits per heavy atom. The van der Waals surface area contributed by atoms with Crippen molar-refractivity contribution in [1.29, 1.82) is 0 Å². The molecular weight excluding hydrogens is 240 g/mol. The Bertz CT molecular complexity index is 393. The number of hydrogen-bond acceptors (Lipinski definition) is 3. The molecule has 1 N–H and O–H groups in total. The van der Waals surface area contributed by atoms with Crippen molar-refractivity contribution in [3.05, 3.63) is 29.8 Å². The minimum Gasteiger partial charge on any atom is -0.497 e. The van der Waals surface area contributed by atoms with Gasteiger partial charge in [0.15, 0.2) is 0 Å². The lowest BCUT2D eigenvalue weighted by molar-refractivity contribution is -0.132. The van der Waals surface area contributed by atoms with E-state index in [1.54, 1.807) is 7.11 Å². The molecule has 1 heterocycles. The third-order valence-electron chi connectivity index (χ3n) is 2.70. The smallest absolute Gasteiger partial charge is 0.236 e. The Morgan fingerprint density at radius 1 is 1.37 bits per heavy atom. The number of piperazine rings is 1. The van der Waals surface area contributed by atoms with E-state index in [-0.39, 0.29) is 5.91 Å². The maximum atomic E-state index is 11.6. The van der Waals surface area contributed by atoms with Crippen LogP contribution in [0, 0.1) is 0 Å². The minimum atomic E-state index is 0.161. The molecule has 1 aromatic carbocycles. The summed E-state index contributed by atoms with van der Waals surface area (Å²) in [6, 6.07) is 7.83. The normalized spacial score (nSPS) is 14.7. The van der Waals surface area contributed by atoms with Gasteiger partial charge in [0.1, 0.15) is 5.75 Å². The van der Waals surface area contributed by atoms with E-state index in [4.69, 9.17) is 4.74 Å². The topological polar surface area (TPSA) is 41.6 Å². The maximum Gasteiger partial charge on any atom is 0.236 e. The van der Waals surface area contributed by atoms with Crippen molar-refractivity contribution in [1.82, 2.24) is 10.2 Å². The molecule has 0 spiro atoms. The van der Waals surface area contributed by atoms with Gasteiger partial charge in [0.25, 0.3) is 0 Å². The Kier molecular flexibility index (Phi) is 6.97. The molecule has 4 nitrogen and oxygen atoms in total. The summed E-state index contributed by atoms with van der Waals surface area (Å²) in [7, 11) is 1.65. The number of benzene rings is 1. The number of carbonyl (C=O) groups excluding carboxylic acids is 1. The second kappa shape index (κ2) is 8.53. The van der Waals surface area contributed by atoms with E-state index in [0.717, 1.165) is 24.4 Å². The van der Waals surface area contributed by atoms with E-state index >= 15 is 0 Å². The predicted octanol–water partition coefficient (Wildman–Crippen LogP) is 2.04. The molecule has 0 bridgehead atoms. The number of rotatable bonds is 3. The van der Waals surface area contributed by atoms with Gasteiger partial charge in [0.2, 0.25) is 5.91 Å². The molecule has 4 heteroatoms. The zero-order chi connectivity index (χ0) is 14.1. The first-order valence-electron chi connectivity index (χ1n) is 6.82. The molecule has 0 aliphatic carbocycles. The molecular formula is C15H24N2O2. The van der Waals surface area contributed by atoms with Crippen LogP contribution in [0.1, 0.15) is 25.8 Å². The second-order valence-corrected chi connectivity index (χ2v) is 4.55. The van der Waals surface area contributed by atoms with Crippen LogP contribution in [0.4, 0.5) is 0 Å². The first-order chi connectivity index (χ1) is 9.21. The van der Waals surface area contributed by atoms with Crippen LogP contribution in [0.25, 0.3) is 0 Å². The summed E-state index contributed by atoms with van der Waals surface area (Å²) >= 11 is 0. The molecule has 0 radical (unpaired) electrons. The maximum absolute atomic E-state index is 11.6. The Morgan fingerprint density at radius 3 is 2.74 bits per heavy atom. The van der Waals surface area contributed by atoms with E-state index in [2.05, 4.69) is 19.2 Å². The number of nitrogens with one attached hydrogen (secondary N) is 1. The molecule has 0 atom stereocenters. The summed E-state index contributed by atoms with van der Waals surface area (Å²) in [5.41, 5.74) is 1.11. The molecule has 1 aliphatic heterocycles. The number of ether oxygens (including phenoxy) is 1. The average Bonchev–Trinajstić information content (AvgIpc) is 2.43. The van der Waals surface area contributed by atoms with Gasteiger partial charge in [-0.3, -0.25) is 4.79 Å². The second-order valence-electron chi connectivity index (χ2n) is 4.55. The van der Waals surface area contributed by atoms with Gasteiger partial charge < -0.3 is 15.0 Å². The van der Waals surface area contributed by atoms with E-state index in [9.17, 15) is 4.79 Å². The van der Waals surface area contributed by atoms with Crippen LogP contribution in [0.15, 0.2) is 24.3 Å². The summed E-state index contributed by atoms with van der Waals surface area (Å²) in [6.07, 6.45) is 1.25. The van der Waals surface area contributed by atoms with Crippen LogP contribution in [0.3, 0.4) is 0 Å². The van der Waals surface area contributed by atoms with E-state index < -0.39 is 0 Å². The van der Waals surface area contributed by atoms with Crippen molar-refractivity contribution < 1.29 is 9.53 Å². The van der Waals surface area contributed by atoms with Gasteiger partial charge in [-0.25, -0.2) is 0 Å². The number of hydrogen-bond donors (Lipinski definition) is 1. The summed E-state index contributed by atoms with van der Waals surface area (Å²) in [6.45, 7) is 7.01. The monoisotopic (exact) mass is 264 g/mol.